The van der Waals surface area contributed by atoms with Crippen LogP contribution in [0.15, 0.2) is 24.3 Å². The quantitative estimate of drug-likeness (QED) is 0.769. The van der Waals surface area contributed by atoms with Crippen LogP contribution in [-0.4, -0.2) is 12.0 Å². The first-order valence-corrected chi connectivity index (χ1v) is 5.51. The molecule has 0 bridgehead atoms. The predicted octanol–water partition coefficient (Wildman–Crippen LogP) is 3.84. The number of Topliss-reactive ketones (excluding diaryl/α,β-unsaturated/α-hetero) is 1. The molecule has 0 aliphatic carbocycles. The van der Waals surface area contributed by atoms with E-state index in [4.69, 9.17) is 0 Å². The first-order valence-electron chi connectivity index (χ1n) is 5.51. The number of benzene rings is 1. The first kappa shape index (κ1) is 13.7. The number of hydrogen-bond acceptors (Lipinski definition) is 1. The van der Waals surface area contributed by atoms with Gasteiger partial charge in [-0.25, -0.2) is 0 Å². The van der Waals surface area contributed by atoms with Crippen LogP contribution in [0, 0.1) is 6.92 Å². The van der Waals surface area contributed by atoms with Crippen LogP contribution in [-0.2, 0) is 11.2 Å². The molecule has 0 aliphatic heterocycles. The van der Waals surface area contributed by atoms with E-state index in [2.05, 4.69) is 0 Å². The van der Waals surface area contributed by atoms with Crippen molar-refractivity contribution in [1.29, 1.82) is 0 Å². The molecule has 4 heteroatoms. The molecule has 0 spiro atoms. The lowest BCUT2D eigenvalue weighted by molar-refractivity contribution is -0.137. The van der Waals surface area contributed by atoms with E-state index in [0.717, 1.165) is 11.1 Å². The maximum absolute atomic E-state index is 11.9. The molecule has 0 amide bonds. The minimum absolute atomic E-state index is 0.00611. The summed E-state index contributed by atoms with van der Waals surface area (Å²) in [5, 5.41) is 0. The molecule has 94 valence electrons. The monoisotopic (exact) mass is 244 g/mol. The topological polar surface area (TPSA) is 17.1 Å². The molecule has 0 unspecified atom stereocenters. The molecule has 17 heavy (non-hydrogen) atoms. The average molecular weight is 244 g/mol. The van der Waals surface area contributed by atoms with E-state index < -0.39 is 12.6 Å². The van der Waals surface area contributed by atoms with Gasteiger partial charge in [-0.15, -0.1) is 0 Å². The van der Waals surface area contributed by atoms with Gasteiger partial charge in [-0.1, -0.05) is 24.3 Å². The van der Waals surface area contributed by atoms with E-state index >= 15 is 0 Å². The van der Waals surface area contributed by atoms with Gasteiger partial charge >= 0.3 is 6.18 Å². The highest BCUT2D eigenvalue weighted by Gasteiger charge is 2.26. The van der Waals surface area contributed by atoms with Crippen molar-refractivity contribution in [2.24, 2.45) is 0 Å². The van der Waals surface area contributed by atoms with Crippen LogP contribution in [0.2, 0.25) is 0 Å². The number of halogens is 3. The highest BCUT2D eigenvalue weighted by Crippen LogP contribution is 2.22. The third-order valence-electron chi connectivity index (χ3n) is 2.56. The molecule has 0 heterocycles. The van der Waals surface area contributed by atoms with Gasteiger partial charge in [0.05, 0.1) is 0 Å². The summed E-state index contributed by atoms with van der Waals surface area (Å²) in [6.45, 7) is 1.89. The molecular formula is C13H15F3O. The molecule has 0 saturated heterocycles. The van der Waals surface area contributed by atoms with Gasteiger partial charge in [-0.2, -0.15) is 13.2 Å². The van der Waals surface area contributed by atoms with Crippen LogP contribution >= 0.6 is 0 Å². The molecular weight excluding hydrogens is 229 g/mol. The molecule has 0 aliphatic rings. The summed E-state index contributed by atoms with van der Waals surface area (Å²) in [7, 11) is 0. The van der Waals surface area contributed by atoms with Crippen molar-refractivity contribution in [2.45, 2.75) is 38.8 Å². The molecule has 0 fully saturated rings. The fourth-order valence-corrected chi connectivity index (χ4v) is 1.60. The van der Waals surface area contributed by atoms with E-state index in [1.165, 1.54) is 0 Å². The molecule has 0 aromatic heterocycles. The SMILES string of the molecule is Cc1ccccc1CC(=O)CCCC(F)(F)F. The number of alkyl halides is 3. The van der Waals surface area contributed by atoms with Gasteiger partial charge in [0.2, 0.25) is 0 Å². The van der Waals surface area contributed by atoms with Crippen molar-refractivity contribution in [2.75, 3.05) is 0 Å². The molecule has 0 radical (unpaired) electrons. The fourth-order valence-electron chi connectivity index (χ4n) is 1.60. The Kier molecular flexibility index (Phi) is 4.73. The molecule has 0 atom stereocenters. The Morgan fingerprint density at radius 3 is 2.47 bits per heavy atom. The lowest BCUT2D eigenvalue weighted by Gasteiger charge is -2.06. The minimum Gasteiger partial charge on any atom is -0.299 e. The van der Waals surface area contributed by atoms with Crippen LogP contribution in [0.4, 0.5) is 13.2 Å². The third-order valence-corrected chi connectivity index (χ3v) is 2.56. The zero-order valence-electron chi connectivity index (χ0n) is 9.68. The Balaban J connectivity index is 2.38. The Morgan fingerprint density at radius 1 is 1.24 bits per heavy atom. The van der Waals surface area contributed by atoms with E-state index in [0.29, 0.717) is 0 Å². The second kappa shape index (κ2) is 5.84. The van der Waals surface area contributed by atoms with Crippen LogP contribution in [0.25, 0.3) is 0 Å². The lowest BCUT2D eigenvalue weighted by Crippen LogP contribution is -2.09. The van der Waals surface area contributed by atoms with Crippen molar-refractivity contribution in [3.05, 3.63) is 35.4 Å². The number of hydrogen-bond donors (Lipinski definition) is 0. The molecule has 0 N–H and O–H groups in total. The number of ketones is 1. The number of carbonyl (C=O) groups excluding carboxylic acids is 1. The normalized spacial score (nSPS) is 11.5. The second-order valence-corrected chi connectivity index (χ2v) is 4.11. The predicted molar refractivity (Wildman–Crippen MR) is 59.8 cm³/mol. The van der Waals surface area contributed by atoms with Crippen molar-refractivity contribution in [1.82, 2.24) is 0 Å². The summed E-state index contributed by atoms with van der Waals surface area (Å²) >= 11 is 0. The standard InChI is InChI=1S/C13H15F3O/c1-10-5-2-3-6-11(10)9-12(17)7-4-8-13(14,15)16/h2-3,5-6H,4,7-9H2,1H3. The zero-order chi connectivity index (χ0) is 12.9. The van der Waals surface area contributed by atoms with Crippen LogP contribution in [0.5, 0.6) is 0 Å². The van der Waals surface area contributed by atoms with Gasteiger partial charge in [0.15, 0.2) is 0 Å². The highest BCUT2D eigenvalue weighted by atomic mass is 19.4. The van der Waals surface area contributed by atoms with Crippen LogP contribution < -0.4 is 0 Å². The van der Waals surface area contributed by atoms with Gasteiger partial charge in [0, 0.05) is 19.3 Å². The fraction of sp³-hybridized carbons (Fsp3) is 0.462. The summed E-state index contributed by atoms with van der Waals surface area (Å²) in [5.41, 5.74) is 1.89. The molecule has 1 nitrogen and oxygen atoms in total. The first-order chi connectivity index (χ1) is 7.88. The molecule has 1 aromatic carbocycles. The smallest absolute Gasteiger partial charge is 0.299 e. The molecule has 0 saturated carbocycles. The molecule has 1 rings (SSSR count). The van der Waals surface area contributed by atoms with Crippen LogP contribution in [0.3, 0.4) is 0 Å². The average Bonchev–Trinajstić information content (AvgIpc) is 2.19. The zero-order valence-corrected chi connectivity index (χ0v) is 9.68. The molecule has 1 aromatic rings. The van der Waals surface area contributed by atoms with Crippen molar-refractivity contribution in [3.8, 4) is 0 Å². The maximum Gasteiger partial charge on any atom is 0.389 e. The van der Waals surface area contributed by atoms with Gasteiger partial charge < -0.3 is 0 Å². The minimum atomic E-state index is -4.16. The number of aryl methyl sites for hydroxylation is 1. The van der Waals surface area contributed by atoms with E-state index in [1.807, 2.05) is 31.2 Å². The van der Waals surface area contributed by atoms with Gasteiger partial charge in [0.25, 0.3) is 0 Å². The van der Waals surface area contributed by atoms with E-state index in [-0.39, 0.29) is 25.0 Å². The van der Waals surface area contributed by atoms with Crippen molar-refractivity contribution >= 4 is 5.78 Å². The van der Waals surface area contributed by atoms with Crippen molar-refractivity contribution in [3.63, 3.8) is 0 Å². The van der Waals surface area contributed by atoms with Crippen LogP contribution in [0.1, 0.15) is 30.4 Å². The number of carbonyl (C=O) groups is 1. The second-order valence-electron chi connectivity index (χ2n) is 4.11. The highest BCUT2D eigenvalue weighted by molar-refractivity contribution is 5.81. The van der Waals surface area contributed by atoms with Crippen molar-refractivity contribution < 1.29 is 18.0 Å². The van der Waals surface area contributed by atoms with Gasteiger partial charge in [-0.3, -0.25) is 4.79 Å². The summed E-state index contributed by atoms with van der Waals surface area (Å²) in [6, 6.07) is 7.41. The van der Waals surface area contributed by atoms with Gasteiger partial charge in [-0.05, 0) is 24.5 Å². The Bertz CT molecular complexity index is 382. The summed E-state index contributed by atoms with van der Waals surface area (Å²) in [4.78, 5) is 11.5. The van der Waals surface area contributed by atoms with E-state index in [9.17, 15) is 18.0 Å². The lowest BCUT2D eigenvalue weighted by atomic mass is 10.0. The van der Waals surface area contributed by atoms with E-state index in [1.54, 1.807) is 0 Å². The summed E-state index contributed by atoms with van der Waals surface area (Å²) < 4.78 is 35.7. The number of rotatable bonds is 5. The van der Waals surface area contributed by atoms with Gasteiger partial charge in [0.1, 0.15) is 5.78 Å². The Hall–Kier alpha value is -1.32. The maximum atomic E-state index is 11.9. The summed E-state index contributed by atoms with van der Waals surface area (Å²) in [6.07, 6.45) is -4.94. The Morgan fingerprint density at radius 2 is 1.88 bits per heavy atom. The summed E-state index contributed by atoms with van der Waals surface area (Å²) in [5.74, 6) is -0.136. The Labute approximate surface area is 98.6 Å². The third kappa shape index (κ3) is 5.52. The largest absolute Gasteiger partial charge is 0.389 e.